The second-order valence-electron chi connectivity index (χ2n) is 6.04. The molecular formula is C17H29Cl3O5. The Hall–Kier alpha value is -0.390. The third-order valence-corrected chi connectivity index (χ3v) is 3.94. The number of aliphatic carboxylic acids is 1. The van der Waals surface area contributed by atoms with Gasteiger partial charge in [0.15, 0.2) is 0 Å². The minimum Gasteiger partial charge on any atom is -0.481 e. The summed E-state index contributed by atoms with van der Waals surface area (Å²) < 4.78 is 7.90. The number of hydrogen-bond acceptors (Lipinski definition) is 4. The minimum atomic E-state index is -1.61. The van der Waals surface area contributed by atoms with Gasteiger partial charge in [0.1, 0.15) is 6.61 Å². The first kappa shape index (κ1) is 24.6. The smallest absolute Gasteiger partial charge is 0.481 e. The molecule has 0 bridgehead atoms. The van der Waals surface area contributed by atoms with Gasteiger partial charge in [-0.25, -0.2) is 4.79 Å². The molecule has 0 spiro atoms. The predicted molar refractivity (Wildman–Crippen MR) is 101 cm³/mol. The number of rotatable bonds is 15. The number of carbonyl (C=O) groups is 2. The van der Waals surface area contributed by atoms with Gasteiger partial charge in [-0.2, -0.15) is 0 Å². The van der Waals surface area contributed by atoms with E-state index in [1.807, 2.05) is 0 Å². The molecule has 0 aliphatic heterocycles. The number of halogens is 3. The number of carbonyl (C=O) groups excluding carboxylic acids is 1. The molecule has 0 aromatic rings. The molecule has 148 valence electrons. The van der Waals surface area contributed by atoms with Crippen molar-refractivity contribution in [2.75, 3.05) is 13.2 Å². The number of unbranched alkanes of at least 4 members (excludes halogenated alkanes) is 10. The van der Waals surface area contributed by atoms with Crippen molar-refractivity contribution in [1.82, 2.24) is 0 Å². The molecule has 0 aromatic carbocycles. The van der Waals surface area contributed by atoms with Gasteiger partial charge in [0, 0.05) is 6.42 Å². The number of hydrogen-bond donors (Lipinski definition) is 1. The molecule has 5 nitrogen and oxygen atoms in total. The van der Waals surface area contributed by atoms with Crippen LogP contribution in [0.5, 0.6) is 0 Å². The maximum atomic E-state index is 11.2. The van der Waals surface area contributed by atoms with E-state index in [2.05, 4.69) is 4.74 Å². The van der Waals surface area contributed by atoms with Gasteiger partial charge >= 0.3 is 12.1 Å². The standard InChI is InChI=1S/C17H29Cl3O5/c18-17(19,20)14-25-16(23)24-13-11-9-7-5-3-1-2-4-6-8-10-12-15(21)22/h1-14H2,(H,21,22). The Morgan fingerprint density at radius 1 is 0.720 bits per heavy atom. The van der Waals surface area contributed by atoms with Crippen molar-refractivity contribution in [2.45, 2.75) is 80.8 Å². The summed E-state index contributed by atoms with van der Waals surface area (Å²) >= 11 is 16.4. The Morgan fingerprint density at radius 3 is 1.60 bits per heavy atom. The molecule has 0 saturated carbocycles. The van der Waals surface area contributed by atoms with Crippen molar-refractivity contribution >= 4 is 46.9 Å². The maximum absolute atomic E-state index is 11.2. The average Bonchev–Trinajstić information content (AvgIpc) is 2.52. The summed E-state index contributed by atoms with van der Waals surface area (Å²) in [6.07, 6.45) is 11.3. The summed E-state index contributed by atoms with van der Waals surface area (Å²) in [7, 11) is 0. The molecule has 0 radical (unpaired) electrons. The lowest BCUT2D eigenvalue weighted by Gasteiger charge is -2.11. The number of alkyl halides is 3. The number of ether oxygens (including phenoxy) is 2. The van der Waals surface area contributed by atoms with Crippen LogP contribution in [0.25, 0.3) is 0 Å². The zero-order valence-corrected chi connectivity index (χ0v) is 16.9. The fraction of sp³-hybridized carbons (Fsp3) is 0.882. The third-order valence-electron chi connectivity index (χ3n) is 3.61. The van der Waals surface area contributed by atoms with E-state index >= 15 is 0 Å². The second kappa shape index (κ2) is 15.8. The second-order valence-corrected chi connectivity index (χ2v) is 8.55. The van der Waals surface area contributed by atoms with Crippen molar-refractivity contribution in [3.8, 4) is 0 Å². The van der Waals surface area contributed by atoms with E-state index in [1.54, 1.807) is 0 Å². The zero-order chi connectivity index (χ0) is 19.0. The molecule has 0 heterocycles. The highest BCUT2D eigenvalue weighted by molar-refractivity contribution is 6.67. The van der Waals surface area contributed by atoms with E-state index in [-0.39, 0.29) is 13.0 Å². The lowest BCUT2D eigenvalue weighted by molar-refractivity contribution is -0.137. The summed E-state index contributed by atoms with van der Waals surface area (Å²) in [5.74, 6) is -0.704. The van der Waals surface area contributed by atoms with Crippen molar-refractivity contribution < 1.29 is 24.2 Å². The molecule has 8 heteroatoms. The van der Waals surface area contributed by atoms with Crippen LogP contribution in [0.4, 0.5) is 4.79 Å². The van der Waals surface area contributed by atoms with E-state index in [0.717, 1.165) is 38.5 Å². The van der Waals surface area contributed by atoms with Gasteiger partial charge in [-0.1, -0.05) is 92.6 Å². The van der Waals surface area contributed by atoms with Gasteiger partial charge in [-0.3, -0.25) is 4.79 Å². The molecule has 0 amide bonds. The average molecular weight is 420 g/mol. The van der Waals surface area contributed by atoms with Crippen LogP contribution in [0, 0.1) is 0 Å². The Labute approximate surface area is 165 Å². The maximum Gasteiger partial charge on any atom is 0.508 e. The van der Waals surface area contributed by atoms with Crippen LogP contribution in [0.1, 0.15) is 77.0 Å². The Bertz CT molecular complexity index is 359. The topological polar surface area (TPSA) is 72.8 Å². The molecule has 25 heavy (non-hydrogen) atoms. The normalized spacial score (nSPS) is 11.3. The van der Waals surface area contributed by atoms with Gasteiger partial charge in [-0.05, 0) is 12.8 Å². The van der Waals surface area contributed by atoms with Crippen molar-refractivity contribution in [3.63, 3.8) is 0 Å². The van der Waals surface area contributed by atoms with Crippen LogP contribution >= 0.6 is 34.8 Å². The van der Waals surface area contributed by atoms with Crippen LogP contribution in [0.3, 0.4) is 0 Å². The first-order valence-electron chi connectivity index (χ1n) is 8.89. The number of carboxylic acid groups (broad SMARTS) is 1. The van der Waals surface area contributed by atoms with Gasteiger partial charge in [0.25, 0.3) is 0 Å². The SMILES string of the molecule is O=C(O)CCCCCCCCCCCCCOC(=O)OCC(Cl)(Cl)Cl. The fourth-order valence-electron chi connectivity index (χ4n) is 2.31. The lowest BCUT2D eigenvalue weighted by Crippen LogP contribution is -2.18. The van der Waals surface area contributed by atoms with Crippen LogP contribution in [0.15, 0.2) is 0 Å². The van der Waals surface area contributed by atoms with E-state index < -0.39 is 15.9 Å². The monoisotopic (exact) mass is 418 g/mol. The Morgan fingerprint density at radius 2 is 1.16 bits per heavy atom. The highest BCUT2D eigenvalue weighted by Gasteiger charge is 2.22. The van der Waals surface area contributed by atoms with Crippen molar-refractivity contribution in [1.29, 1.82) is 0 Å². The van der Waals surface area contributed by atoms with E-state index in [0.29, 0.717) is 6.61 Å². The lowest BCUT2D eigenvalue weighted by atomic mass is 10.1. The van der Waals surface area contributed by atoms with Gasteiger partial charge in [0.2, 0.25) is 3.79 Å². The molecule has 0 fully saturated rings. The highest BCUT2D eigenvalue weighted by Crippen LogP contribution is 2.26. The third kappa shape index (κ3) is 21.6. The molecule has 0 saturated heterocycles. The molecule has 1 N–H and O–H groups in total. The summed E-state index contributed by atoms with van der Waals surface area (Å²) in [6, 6.07) is 0. The van der Waals surface area contributed by atoms with E-state index in [9.17, 15) is 9.59 Å². The van der Waals surface area contributed by atoms with Crippen LogP contribution < -0.4 is 0 Å². The van der Waals surface area contributed by atoms with Crippen LogP contribution in [0.2, 0.25) is 0 Å². The van der Waals surface area contributed by atoms with Gasteiger partial charge < -0.3 is 14.6 Å². The molecule has 0 rings (SSSR count). The molecular weight excluding hydrogens is 391 g/mol. The van der Waals surface area contributed by atoms with Crippen LogP contribution in [-0.4, -0.2) is 34.2 Å². The first-order chi connectivity index (χ1) is 11.8. The zero-order valence-electron chi connectivity index (χ0n) is 14.6. The molecule has 0 atom stereocenters. The fourth-order valence-corrected chi connectivity index (χ4v) is 2.47. The van der Waals surface area contributed by atoms with Crippen molar-refractivity contribution in [3.05, 3.63) is 0 Å². The number of carboxylic acids is 1. The minimum absolute atomic E-state index is 0.286. The van der Waals surface area contributed by atoms with E-state index in [1.165, 1.54) is 32.1 Å². The molecule has 0 aliphatic carbocycles. The summed E-state index contributed by atoms with van der Waals surface area (Å²) in [5.41, 5.74) is 0. The molecule has 0 aromatic heterocycles. The highest BCUT2D eigenvalue weighted by atomic mass is 35.6. The van der Waals surface area contributed by atoms with Gasteiger partial charge in [0.05, 0.1) is 6.61 Å². The molecule has 0 aliphatic rings. The Kier molecular flexibility index (Phi) is 15.6. The summed E-state index contributed by atoms with van der Waals surface area (Å²) in [5, 5.41) is 8.53. The summed E-state index contributed by atoms with van der Waals surface area (Å²) in [4.78, 5) is 21.5. The van der Waals surface area contributed by atoms with Gasteiger partial charge in [-0.15, -0.1) is 0 Å². The largest absolute Gasteiger partial charge is 0.508 e. The predicted octanol–water partition coefficient (Wildman–Crippen LogP) is 6.28. The Balaban J connectivity index is 3.19. The summed E-state index contributed by atoms with van der Waals surface area (Å²) in [6.45, 7) is -0.00884. The van der Waals surface area contributed by atoms with Crippen molar-refractivity contribution in [2.24, 2.45) is 0 Å². The quantitative estimate of drug-likeness (QED) is 0.192. The van der Waals surface area contributed by atoms with Crippen LogP contribution in [-0.2, 0) is 14.3 Å². The van der Waals surface area contributed by atoms with E-state index in [4.69, 9.17) is 44.6 Å². The first-order valence-corrected chi connectivity index (χ1v) is 10.0. The molecule has 0 unspecified atom stereocenters.